The van der Waals surface area contributed by atoms with Crippen molar-refractivity contribution in [1.29, 1.82) is 0 Å². The minimum atomic E-state index is -0.315. The SMILES string of the molecule is CC(=O)NCCCCCCCCC(C)C(OC(C)=O)C(C)COC(C)=O. The highest BCUT2D eigenvalue weighted by atomic mass is 16.6. The number of nitrogens with one attached hydrogen (secondary N) is 1. The Labute approximate surface area is 158 Å². The fraction of sp³-hybridized carbons (Fsp3) is 0.850. The highest BCUT2D eigenvalue weighted by Gasteiger charge is 2.27. The summed E-state index contributed by atoms with van der Waals surface area (Å²) in [5, 5.41) is 2.81. The van der Waals surface area contributed by atoms with Crippen LogP contribution >= 0.6 is 0 Å². The second-order valence-corrected chi connectivity index (χ2v) is 7.22. The maximum absolute atomic E-state index is 11.4. The van der Waals surface area contributed by atoms with Crippen LogP contribution in [0.15, 0.2) is 0 Å². The Morgan fingerprint density at radius 2 is 1.38 bits per heavy atom. The quantitative estimate of drug-likeness (QED) is 0.372. The molecule has 6 nitrogen and oxygen atoms in total. The van der Waals surface area contributed by atoms with Gasteiger partial charge in [-0.05, 0) is 18.8 Å². The second-order valence-electron chi connectivity index (χ2n) is 7.22. The van der Waals surface area contributed by atoms with E-state index in [0.717, 1.165) is 38.6 Å². The van der Waals surface area contributed by atoms with Crippen LogP contribution < -0.4 is 5.32 Å². The Balaban J connectivity index is 4.01. The van der Waals surface area contributed by atoms with Gasteiger partial charge in [0.15, 0.2) is 0 Å². The summed E-state index contributed by atoms with van der Waals surface area (Å²) in [7, 11) is 0. The number of unbranched alkanes of at least 4 members (excludes halogenated alkanes) is 5. The van der Waals surface area contributed by atoms with Crippen LogP contribution in [-0.2, 0) is 23.9 Å². The Kier molecular flexibility index (Phi) is 13.7. The lowest BCUT2D eigenvalue weighted by Gasteiger charge is -2.28. The summed E-state index contributed by atoms with van der Waals surface area (Å²) in [6, 6.07) is 0. The van der Waals surface area contributed by atoms with Gasteiger partial charge in [0.1, 0.15) is 6.10 Å². The van der Waals surface area contributed by atoms with Crippen molar-refractivity contribution in [3.8, 4) is 0 Å². The molecule has 0 bridgehead atoms. The maximum atomic E-state index is 11.4. The van der Waals surface area contributed by atoms with Gasteiger partial charge in [-0.15, -0.1) is 0 Å². The predicted octanol–water partition coefficient (Wildman–Crippen LogP) is 3.62. The Hall–Kier alpha value is -1.59. The molecule has 1 amide bonds. The average Bonchev–Trinajstić information content (AvgIpc) is 2.55. The monoisotopic (exact) mass is 371 g/mol. The van der Waals surface area contributed by atoms with E-state index >= 15 is 0 Å². The number of ether oxygens (including phenoxy) is 2. The summed E-state index contributed by atoms with van der Waals surface area (Å²) in [5.74, 6) is -0.375. The van der Waals surface area contributed by atoms with Crippen LogP contribution in [0.4, 0.5) is 0 Å². The van der Waals surface area contributed by atoms with Crippen LogP contribution in [0.25, 0.3) is 0 Å². The largest absolute Gasteiger partial charge is 0.465 e. The Bertz CT molecular complexity index is 424. The van der Waals surface area contributed by atoms with Gasteiger partial charge in [-0.2, -0.15) is 0 Å². The standard InChI is InChI=1S/C20H37NO5/c1-15(12-10-8-6-7-9-11-13-21-17(3)22)20(26-19(5)24)16(2)14-25-18(4)23/h15-16,20H,6-14H2,1-5H3,(H,21,22). The Morgan fingerprint density at radius 1 is 0.808 bits per heavy atom. The highest BCUT2D eigenvalue weighted by Crippen LogP contribution is 2.23. The van der Waals surface area contributed by atoms with Crippen molar-refractivity contribution in [2.75, 3.05) is 13.2 Å². The minimum Gasteiger partial charge on any atom is -0.465 e. The van der Waals surface area contributed by atoms with Crippen molar-refractivity contribution in [3.63, 3.8) is 0 Å². The van der Waals surface area contributed by atoms with Gasteiger partial charge in [-0.1, -0.05) is 46.0 Å². The molecule has 6 heteroatoms. The zero-order valence-corrected chi connectivity index (χ0v) is 17.1. The van der Waals surface area contributed by atoms with Crippen molar-refractivity contribution in [2.45, 2.75) is 85.7 Å². The van der Waals surface area contributed by atoms with E-state index in [-0.39, 0.29) is 42.4 Å². The van der Waals surface area contributed by atoms with E-state index in [4.69, 9.17) is 9.47 Å². The predicted molar refractivity (Wildman–Crippen MR) is 102 cm³/mol. The lowest BCUT2D eigenvalue weighted by atomic mass is 9.89. The Morgan fingerprint density at radius 3 is 1.92 bits per heavy atom. The molecule has 0 spiro atoms. The highest BCUT2D eigenvalue weighted by molar-refractivity contribution is 5.72. The molecule has 3 atom stereocenters. The van der Waals surface area contributed by atoms with E-state index in [1.807, 2.05) is 6.92 Å². The van der Waals surface area contributed by atoms with Gasteiger partial charge in [0, 0.05) is 33.2 Å². The van der Waals surface area contributed by atoms with Crippen LogP contribution in [0.5, 0.6) is 0 Å². The van der Waals surface area contributed by atoms with Gasteiger partial charge in [0.05, 0.1) is 6.61 Å². The van der Waals surface area contributed by atoms with Gasteiger partial charge in [-0.25, -0.2) is 0 Å². The number of carbonyl (C=O) groups excluding carboxylic acids is 3. The molecule has 152 valence electrons. The zero-order valence-electron chi connectivity index (χ0n) is 17.1. The van der Waals surface area contributed by atoms with Crippen molar-refractivity contribution in [1.82, 2.24) is 5.32 Å². The third-order valence-corrected chi connectivity index (χ3v) is 4.43. The van der Waals surface area contributed by atoms with Crippen molar-refractivity contribution >= 4 is 17.8 Å². The summed E-state index contributed by atoms with van der Waals surface area (Å²) in [6.45, 7) is 9.40. The van der Waals surface area contributed by atoms with Gasteiger partial charge < -0.3 is 14.8 Å². The molecule has 0 aromatic rings. The molecule has 26 heavy (non-hydrogen) atoms. The molecule has 3 unspecified atom stereocenters. The van der Waals surface area contributed by atoms with Gasteiger partial charge >= 0.3 is 11.9 Å². The normalized spacial score (nSPS) is 14.2. The van der Waals surface area contributed by atoms with E-state index in [1.165, 1.54) is 33.6 Å². The second kappa shape index (κ2) is 14.6. The van der Waals surface area contributed by atoms with E-state index in [1.54, 1.807) is 0 Å². The molecule has 0 saturated heterocycles. The van der Waals surface area contributed by atoms with E-state index < -0.39 is 0 Å². The molecule has 0 aliphatic heterocycles. The molecule has 0 fully saturated rings. The molecule has 0 aromatic carbocycles. The van der Waals surface area contributed by atoms with Crippen LogP contribution in [0.2, 0.25) is 0 Å². The zero-order chi connectivity index (χ0) is 19.9. The van der Waals surface area contributed by atoms with E-state index in [0.29, 0.717) is 0 Å². The van der Waals surface area contributed by atoms with Gasteiger partial charge in [-0.3, -0.25) is 14.4 Å². The fourth-order valence-corrected chi connectivity index (χ4v) is 3.06. The molecule has 0 aromatic heterocycles. The molecule has 0 rings (SSSR count). The number of esters is 2. The van der Waals surface area contributed by atoms with Crippen LogP contribution in [0, 0.1) is 11.8 Å². The number of hydrogen-bond acceptors (Lipinski definition) is 5. The van der Waals surface area contributed by atoms with Gasteiger partial charge in [0.25, 0.3) is 0 Å². The molecular formula is C20H37NO5. The molecule has 0 saturated carbocycles. The molecule has 0 aliphatic rings. The number of carbonyl (C=O) groups is 3. The van der Waals surface area contributed by atoms with E-state index in [9.17, 15) is 14.4 Å². The summed E-state index contributed by atoms with van der Waals surface area (Å²) >= 11 is 0. The van der Waals surface area contributed by atoms with E-state index in [2.05, 4.69) is 12.2 Å². The maximum Gasteiger partial charge on any atom is 0.302 e. The summed E-state index contributed by atoms with van der Waals surface area (Å²) < 4.78 is 10.5. The summed E-state index contributed by atoms with van der Waals surface area (Å²) in [6.07, 6.45) is 7.49. The van der Waals surface area contributed by atoms with Crippen molar-refractivity contribution in [3.05, 3.63) is 0 Å². The lowest BCUT2D eigenvalue weighted by molar-refractivity contribution is -0.155. The number of rotatable bonds is 14. The topological polar surface area (TPSA) is 81.7 Å². The number of amides is 1. The molecule has 1 N–H and O–H groups in total. The average molecular weight is 372 g/mol. The lowest BCUT2D eigenvalue weighted by Crippen LogP contribution is -2.33. The van der Waals surface area contributed by atoms with Crippen LogP contribution in [-0.4, -0.2) is 37.1 Å². The molecule has 0 aliphatic carbocycles. The molecule has 0 heterocycles. The van der Waals surface area contributed by atoms with Crippen LogP contribution in [0.3, 0.4) is 0 Å². The van der Waals surface area contributed by atoms with Crippen molar-refractivity contribution in [2.24, 2.45) is 11.8 Å². The first-order valence-corrected chi connectivity index (χ1v) is 9.79. The molecular weight excluding hydrogens is 334 g/mol. The summed E-state index contributed by atoms with van der Waals surface area (Å²) in [4.78, 5) is 33.1. The third kappa shape index (κ3) is 13.7. The smallest absolute Gasteiger partial charge is 0.302 e. The first kappa shape index (κ1) is 24.4. The van der Waals surface area contributed by atoms with Crippen LogP contribution in [0.1, 0.15) is 79.6 Å². The fourth-order valence-electron chi connectivity index (χ4n) is 3.06. The third-order valence-electron chi connectivity index (χ3n) is 4.43. The summed E-state index contributed by atoms with van der Waals surface area (Å²) in [5.41, 5.74) is 0. The number of hydrogen-bond donors (Lipinski definition) is 1. The first-order chi connectivity index (χ1) is 12.2. The van der Waals surface area contributed by atoms with Crippen molar-refractivity contribution < 1.29 is 23.9 Å². The minimum absolute atomic E-state index is 0.0217. The van der Waals surface area contributed by atoms with Gasteiger partial charge in [0.2, 0.25) is 5.91 Å². The first-order valence-electron chi connectivity index (χ1n) is 9.79. The molecule has 0 radical (unpaired) electrons.